The van der Waals surface area contributed by atoms with Crippen molar-refractivity contribution in [3.8, 4) is 0 Å². The molecular formula is C20H17ClNOS+. The van der Waals surface area contributed by atoms with Gasteiger partial charge in [-0.15, -0.1) is 0 Å². The number of hydroxylamine groups is 1. The van der Waals surface area contributed by atoms with Gasteiger partial charge in [0.2, 0.25) is 12.8 Å². The van der Waals surface area contributed by atoms with E-state index in [0.717, 1.165) is 25.9 Å². The second-order valence-electron chi connectivity index (χ2n) is 5.31. The summed E-state index contributed by atoms with van der Waals surface area (Å²) in [4.78, 5) is 2.18. The topological polar surface area (TPSA) is 23.2 Å². The van der Waals surface area contributed by atoms with Crippen molar-refractivity contribution in [3.05, 3.63) is 95.0 Å². The lowest BCUT2D eigenvalue weighted by Crippen LogP contribution is -2.09. The largest absolute Gasteiger partial charge is 0.290 e. The van der Waals surface area contributed by atoms with Crippen molar-refractivity contribution in [1.29, 1.82) is 0 Å². The molecule has 0 saturated carbocycles. The monoisotopic (exact) mass is 354 g/mol. The Morgan fingerprint density at radius 2 is 1.54 bits per heavy atom. The zero-order chi connectivity index (χ0) is 16.8. The number of benzene rings is 3. The van der Waals surface area contributed by atoms with Crippen LogP contribution in [0.4, 0.5) is 0 Å². The number of hydrogen-bond donors (Lipinski definition) is 1. The van der Waals surface area contributed by atoms with Gasteiger partial charge < -0.3 is 0 Å². The predicted octanol–water partition coefficient (Wildman–Crippen LogP) is 5.51. The van der Waals surface area contributed by atoms with Gasteiger partial charge in [0.25, 0.3) is 0 Å². The summed E-state index contributed by atoms with van der Waals surface area (Å²) in [5.41, 5.74) is 2.02. The summed E-state index contributed by atoms with van der Waals surface area (Å²) in [6.07, 6.45) is 1.76. The summed E-state index contributed by atoms with van der Waals surface area (Å²) in [5, 5.41) is 11.0. The van der Waals surface area contributed by atoms with Crippen molar-refractivity contribution < 1.29 is 9.95 Å². The van der Waals surface area contributed by atoms with Crippen LogP contribution in [-0.4, -0.2) is 16.2 Å². The molecular weight excluding hydrogens is 338 g/mol. The number of hydrogen-bond acceptors (Lipinski definition) is 2. The Hall–Kier alpha value is -2.23. The number of rotatable bonds is 5. The molecule has 0 saturated heterocycles. The van der Waals surface area contributed by atoms with Crippen LogP contribution in [0.3, 0.4) is 0 Å². The predicted molar refractivity (Wildman–Crippen MR) is 99.4 cm³/mol. The van der Waals surface area contributed by atoms with Crippen molar-refractivity contribution >= 4 is 29.6 Å². The molecule has 0 radical (unpaired) electrons. The van der Waals surface area contributed by atoms with E-state index in [4.69, 9.17) is 11.6 Å². The smallest absolute Gasteiger partial charge is 0.224 e. The summed E-state index contributed by atoms with van der Waals surface area (Å²) in [5.74, 6) is 0. The molecule has 0 heterocycles. The maximum Gasteiger partial charge on any atom is 0.224 e. The summed E-state index contributed by atoms with van der Waals surface area (Å²) >= 11 is 7.58. The SMILES string of the molecule is O[N+](=Cc1ccccc1Sc1ccc(Cl)cc1)Cc1ccccc1. The highest BCUT2D eigenvalue weighted by Crippen LogP contribution is 2.30. The Balaban J connectivity index is 1.80. The fourth-order valence-corrected chi connectivity index (χ4v) is 3.32. The van der Waals surface area contributed by atoms with Crippen molar-refractivity contribution in [2.45, 2.75) is 16.3 Å². The van der Waals surface area contributed by atoms with Crippen molar-refractivity contribution in [2.24, 2.45) is 0 Å². The molecule has 0 unspecified atom stereocenters. The first kappa shape index (κ1) is 16.6. The van der Waals surface area contributed by atoms with Gasteiger partial charge >= 0.3 is 0 Å². The molecule has 0 aliphatic rings. The third-order valence-electron chi connectivity index (χ3n) is 3.44. The maximum absolute atomic E-state index is 10.2. The minimum Gasteiger partial charge on any atom is -0.290 e. The zero-order valence-corrected chi connectivity index (χ0v) is 14.5. The molecule has 0 spiro atoms. The minimum atomic E-state index is 0.445. The molecule has 0 amide bonds. The molecule has 120 valence electrons. The molecule has 0 aliphatic heterocycles. The van der Waals surface area contributed by atoms with Crippen LogP contribution in [0.5, 0.6) is 0 Å². The van der Waals surface area contributed by atoms with Gasteiger partial charge in [-0.3, -0.25) is 5.21 Å². The number of halogens is 1. The highest BCUT2D eigenvalue weighted by atomic mass is 35.5. The molecule has 0 bridgehead atoms. The van der Waals surface area contributed by atoms with Gasteiger partial charge in [-0.25, -0.2) is 0 Å². The molecule has 24 heavy (non-hydrogen) atoms. The second-order valence-corrected chi connectivity index (χ2v) is 6.86. The van der Waals surface area contributed by atoms with Crippen LogP contribution in [0.15, 0.2) is 88.7 Å². The van der Waals surface area contributed by atoms with Crippen molar-refractivity contribution in [2.75, 3.05) is 0 Å². The van der Waals surface area contributed by atoms with Gasteiger partial charge in [-0.2, -0.15) is 0 Å². The molecule has 3 aromatic carbocycles. The third kappa shape index (κ3) is 4.63. The van der Waals surface area contributed by atoms with E-state index in [1.807, 2.05) is 78.9 Å². The third-order valence-corrected chi connectivity index (χ3v) is 4.79. The normalized spacial score (nSPS) is 11.5. The van der Waals surface area contributed by atoms with Gasteiger partial charge in [-0.05, 0) is 41.1 Å². The van der Waals surface area contributed by atoms with Crippen LogP contribution in [0.25, 0.3) is 0 Å². The second kappa shape index (κ2) is 8.04. The summed E-state index contributed by atoms with van der Waals surface area (Å²) in [6, 6.07) is 25.6. The molecule has 2 nitrogen and oxygen atoms in total. The first-order valence-corrected chi connectivity index (χ1v) is 8.77. The van der Waals surface area contributed by atoms with E-state index >= 15 is 0 Å². The van der Waals surface area contributed by atoms with Gasteiger partial charge in [0, 0.05) is 20.4 Å². The lowest BCUT2D eigenvalue weighted by Gasteiger charge is -2.04. The zero-order valence-electron chi connectivity index (χ0n) is 13.0. The van der Waals surface area contributed by atoms with Crippen LogP contribution < -0.4 is 0 Å². The number of nitrogens with zero attached hydrogens (tertiary/aromatic N) is 1. The molecule has 3 rings (SSSR count). The van der Waals surface area contributed by atoms with E-state index in [1.165, 1.54) is 4.74 Å². The van der Waals surface area contributed by atoms with Gasteiger partial charge in [0.05, 0.1) is 5.56 Å². The minimum absolute atomic E-state index is 0.445. The Labute approximate surface area is 151 Å². The Morgan fingerprint density at radius 3 is 2.29 bits per heavy atom. The van der Waals surface area contributed by atoms with Crippen LogP contribution >= 0.6 is 23.4 Å². The first-order chi connectivity index (χ1) is 11.7. The molecule has 0 aliphatic carbocycles. The van der Waals surface area contributed by atoms with E-state index in [0.29, 0.717) is 6.54 Å². The fourth-order valence-electron chi connectivity index (χ4n) is 2.29. The van der Waals surface area contributed by atoms with Crippen LogP contribution in [0.1, 0.15) is 11.1 Å². The van der Waals surface area contributed by atoms with Gasteiger partial charge in [0.15, 0.2) is 0 Å². The highest BCUT2D eigenvalue weighted by Gasteiger charge is 2.09. The standard InChI is InChI=1S/C20H17ClNOS/c21-18-10-12-19(13-11-18)24-20-9-5-4-8-17(20)15-22(23)14-16-6-2-1-3-7-16/h1-13,15,23H,14H2/q+1. The van der Waals surface area contributed by atoms with Crippen molar-refractivity contribution in [1.82, 2.24) is 0 Å². The fraction of sp³-hybridized carbons (Fsp3) is 0.0500. The van der Waals surface area contributed by atoms with Crippen LogP contribution in [-0.2, 0) is 6.54 Å². The van der Waals surface area contributed by atoms with Crippen LogP contribution in [0, 0.1) is 0 Å². The molecule has 0 aromatic heterocycles. The Morgan fingerprint density at radius 1 is 0.875 bits per heavy atom. The molecule has 4 heteroatoms. The summed E-state index contributed by atoms with van der Waals surface area (Å²) in [6.45, 7) is 0.445. The molecule has 0 fully saturated rings. The van der Waals surface area contributed by atoms with E-state index in [-0.39, 0.29) is 0 Å². The molecule has 1 N–H and O–H groups in total. The van der Waals surface area contributed by atoms with Gasteiger partial charge in [0.1, 0.15) is 0 Å². The van der Waals surface area contributed by atoms with E-state index in [1.54, 1.807) is 18.0 Å². The first-order valence-electron chi connectivity index (χ1n) is 7.57. The highest BCUT2D eigenvalue weighted by molar-refractivity contribution is 7.99. The van der Waals surface area contributed by atoms with Gasteiger partial charge in [-0.1, -0.05) is 65.8 Å². The molecule has 3 aromatic rings. The average molecular weight is 355 g/mol. The lowest BCUT2D eigenvalue weighted by atomic mass is 10.2. The van der Waals surface area contributed by atoms with Crippen molar-refractivity contribution in [3.63, 3.8) is 0 Å². The lowest BCUT2D eigenvalue weighted by molar-refractivity contribution is -0.783. The van der Waals surface area contributed by atoms with E-state index in [2.05, 4.69) is 0 Å². The average Bonchev–Trinajstić information content (AvgIpc) is 2.59. The van der Waals surface area contributed by atoms with E-state index < -0.39 is 0 Å². The van der Waals surface area contributed by atoms with Crippen LogP contribution in [0.2, 0.25) is 5.02 Å². The quantitative estimate of drug-likeness (QED) is 0.282. The summed E-state index contributed by atoms with van der Waals surface area (Å²) in [7, 11) is 0. The Bertz CT molecular complexity index is 832. The maximum atomic E-state index is 10.2. The molecule has 0 atom stereocenters. The summed E-state index contributed by atoms with van der Waals surface area (Å²) < 4.78 is 1.22. The Kier molecular flexibility index (Phi) is 5.57. The van der Waals surface area contributed by atoms with E-state index in [9.17, 15) is 5.21 Å².